The van der Waals surface area contributed by atoms with Crippen LogP contribution in [0.3, 0.4) is 0 Å². The first-order valence-electron chi connectivity index (χ1n) is 8.25. The summed E-state index contributed by atoms with van der Waals surface area (Å²) < 4.78 is 21.9. The summed E-state index contributed by atoms with van der Waals surface area (Å²) in [6.45, 7) is 1.95. The van der Waals surface area contributed by atoms with Crippen molar-refractivity contribution in [2.75, 3.05) is 21.3 Å². The molecule has 0 aliphatic rings. The Balaban J connectivity index is 2.12. The number of phenols is 2. The summed E-state index contributed by atoms with van der Waals surface area (Å²) in [5, 5.41) is 20.6. The van der Waals surface area contributed by atoms with Gasteiger partial charge in [0.25, 0.3) is 5.75 Å². The molecule has 27 heavy (non-hydrogen) atoms. The van der Waals surface area contributed by atoms with Crippen LogP contribution >= 0.6 is 0 Å². The second-order valence-corrected chi connectivity index (χ2v) is 5.92. The number of aromatic hydroxyl groups is 2. The van der Waals surface area contributed by atoms with Crippen LogP contribution in [0, 0.1) is 6.92 Å². The molecule has 1 aromatic heterocycles. The summed E-state index contributed by atoms with van der Waals surface area (Å²) in [6, 6.07) is 8.25. The molecule has 0 aliphatic carbocycles. The third-order valence-corrected chi connectivity index (χ3v) is 4.24. The van der Waals surface area contributed by atoms with E-state index < -0.39 is 0 Å². The van der Waals surface area contributed by atoms with Crippen LogP contribution < -0.4 is 14.2 Å². The molecule has 0 amide bonds. The van der Waals surface area contributed by atoms with Crippen molar-refractivity contribution < 1.29 is 28.8 Å². The highest BCUT2D eigenvalue weighted by molar-refractivity contribution is 5.89. The van der Waals surface area contributed by atoms with E-state index in [2.05, 4.69) is 0 Å². The molecule has 140 valence electrons. The molecule has 3 aromatic rings. The standard InChI is InChI=1S/C21H20O6/c1-12-9-14(27-20-15(12)7-8-17(23)21(20)26-4)5-6-16-18(24-2)10-13(22)11-19(16)25-3/h5-11H,1-4H3,(H-,22,23)/p+1/b6-5+. The average Bonchev–Trinajstić information content (AvgIpc) is 2.66. The lowest BCUT2D eigenvalue weighted by molar-refractivity contribution is 0.370. The Morgan fingerprint density at radius 2 is 1.56 bits per heavy atom. The van der Waals surface area contributed by atoms with Gasteiger partial charge in [-0.3, -0.25) is 0 Å². The van der Waals surface area contributed by atoms with Crippen LogP contribution in [-0.2, 0) is 0 Å². The molecule has 0 fully saturated rings. The summed E-state index contributed by atoms with van der Waals surface area (Å²) in [5.74, 6) is 1.84. The fourth-order valence-corrected chi connectivity index (χ4v) is 2.94. The zero-order valence-corrected chi connectivity index (χ0v) is 15.6. The third kappa shape index (κ3) is 3.46. The van der Waals surface area contributed by atoms with Gasteiger partial charge >= 0.3 is 11.3 Å². The number of ether oxygens (including phenoxy) is 3. The molecule has 0 radical (unpaired) electrons. The van der Waals surface area contributed by atoms with Crippen LogP contribution in [0.4, 0.5) is 0 Å². The van der Waals surface area contributed by atoms with Crippen molar-refractivity contribution in [2.24, 2.45) is 0 Å². The first-order chi connectivity index (χ1) is 13.0. The van der Waals surface area contributed by atoms with Crippen molar-refractivity contribution in [1.29, 1.82) is 0 Å². The molecule has 0 saturated heterocycles. The SMILES string of the molecule is COc1cc(O)cc(OC)c1/C=C/c1cc(C)c2ccc(O)c(OC)c2[o+]1. The van der Waals surface area contributed by atoms with Gasteiger partial charge in [-0.1, -0.05) is 0 Å². The smallest absolute Gasteiger partial charge is 0.406 e. The van der Waals surface area contributed by atoms with E-state index in [9.17, 15) is 10.2 Å². The third-order valence-electron chi connectivity index (χ3n) is 4.24. The lowest BCUT2D eigenvalue weighted by atomic mass is 10.1. The minimum absolute atomic E-state index is 0.0103. The minimum atomic E-state index is 0.0103. The molecule has 0 atom stereocenters. The Bertz CT molecular complexity index is 998. The monoisotopic (exact) mass is 369 g/mol. The highest BCUT2D eigenvalue weighted by atomic mass is 16.5. The molecule has 0 saturated carbocycles. The van der Waals surface area contributed by atoms with E-state index in [0.717, 1.165) is 10.9 Å². The highest BCUT2D eigenvalue weighted by Crippen LogP contribution is 2.38. The van der Waals surface area contributed by atoms with Gasteiger partial charge in [0.1, 0.15) is 17.2 Å². The normalized spacial score (nSPS) is 11.1. The van der Waals surface area contributed by atoms with Crippen molar-refractivity contribution in [3.63, 3.8) is 0 Å². The summed E-state index contributed by atoms with van der Waals surface area (Å²) >= 11 is 0. The first-order valence-corrected chi connectivity index (χ1v) is 8.25. The van der Waals surface area contributed by atoms with Crippen molar-refractivity contribution in [2.45, 2.75) is 6.92 Å². The molecule has 2 N–H and O–H groups in total. The Morgan fingerprint density at radius 3 is 2.15 bits per heavy atom. The maximum Gasteiger partial charge on any atom is 0.406 e. The largest absolute Gasteiger partial charge is 0.508 e. The molecule has 6 nitrogen and oxygen atoms in total. The van der Waals surface area contributed by atoms with E-state index in [-0.39, 0.29) is 17.2 Å². The van der Waals surface area contributed by atoms with Crippen LogP contribution in [-0.4, -0.2) is 31.5 Å². The van der Waals surface area contributed by atoms with Crippen LogP contribution in [0.25, 0.3) is 23.1 Å². The van der Waals surface area contributed by atoms with Gasteiger partial charge in [-0.05, 0) is 30.7 Å². The van der Waals surface area contributed by atoms with Crippen LogP contribution in [0.2, 0.25) is 0 Å². The molecule has 3 rings (SSSR count). The molecule has 6 heteroatoms. The summed E-state index contributed by atoms with van der Waals surface area (Å²) in [6.07, 6.45) is 3.53. The van der Waals surface area contributed by atoms with Crippen LogP contribution in [0.5, 0.6) is 28.7 Å². The zero-order chi connectivity index (χ0) is 19.6. The van der Waals surface area contributed by atoms with Gasteiger partial charge in [0.2, 0.25) is 0 Å². The summed E-state index contributed by atoms with van der Waals surface area (Å²) in [7, 11) is 4.52. The fraction of sp³-hybridized carbons (Fsp3) is 0.190. The van der Waals surface area contributed by atoms with Crippen molar-refractivity contribution in [3.05, 3.63) is 47.2 Å². The topological polar surface area (TPSA) is 79.5 Å². The van der Waals surface area contributed by atoms with Gasteiger partial charge in [-0.25, -0.2) is 4.42 Å². The van der Waals surface area contributed by atoms with Crippen molar-refractivity contribution in [3.8, 4) is 28.7 Å². The van der Waals surface area contributed by atoms with Crippen LogP contribution in [0.15, 0.2) is 34.7 Å². The number of rotatable bonds is 5. The molecule has 0 unspecified atom stereocenters. The molecular formula is C21H21O6+. The molecule has 0 bridgehead atoms. The quantitative estimate of drug-likeness (QED) is 0.639. The highest BCUT2D eigenvalue weighted by Gasteiger charge is 2.22. The van der Waals surface area contributed by atoms with Crippen molar-refractivity contribution >= 4 is 23.1 Å². The van der Waals surface area contributed by atoms with Crippen LogP contribution in [0.1, 0.15) is 16.9 Å². The summed E-state index contributed by atoms with van der Waals surface area (Å²) in [4.78, 5) is 0. The van der Waals surface area contributed by atoms with Gasteiger partial charge in [-0.15, -0.1) is 0 Å². The molecule has 0 aliphatic heterocycles. The number of phenolic OH excluding ortho intramolecular Hbond substituents is 2. The lowest BCUT2D eigenvalue weighted by Gasteiger charge is -2.10. The maximum absolute atomic E-state index is 10.0. The second kappa shape index (κ2) is 7.45. The zero-order valence-electron chi connectivity index (χ0n) is 15.6. The Morgan fingerprint density at radius 1 is 0.889 bits per heavy atom. The number of fused-ring (bicyclic) bond motifs is 1. The van der Waals surface area contributed by atoms with E-state index in [4.69, 9.17) is 18.6 Å². The lowest BCUT2D eigenvalue weighted by Crippen LogP contribution is -1.92. The number of hydrogen-bond donors (Lipinski definition) is 2. The Labute approximate surface area is 156 Å². The summed E-state index contributed by atoms with van der Waals surface area (Å²) in [5.41, 5.74) is 2.09. The number of methoxy groups -OCH3 is 3. The first kappa shape index (κ1) is 18.4. The number of benzene rings is 2. The predicted octanol–water partition coefficient (Wildman–Crippen LogP) is 4.63. The molecule has 0 spiro atoms. The van der Waals surface area contributed by atoms with Gasteiger partial charge in [0.15, 0.2) is 5.75 Å². The minimum Gasteiger partial charge on any atom is -0.508 e. The van der Waals surface area contributed by atoms with E-state index in [1.165, 1.54) is 33.5 Å². The second-order valence-electron chi connectivity index (χ2n) is 5.92. The average molecular weight is 369 g/mol. The van der Waals surface area contributed by atoms with Gasteiger partial charge in [-0.2, -0.15) is 0 Å². The maximum atomic E-state index is 10.0. The Hall–Kier alpha value is -3.41. The van der Waals surface area contributed by atoms with E-state index >= 15 is 0 Å². The van der Waals surface area contributed by atoms with E-state index in [1.54, 1.807) is 24.3 Å². The number of hydrogen-bond acceptors (Lipinski definition) is 5. The van der Waals surface area contributed by atoms with Gasteiger partial charge in [0.05, 0.1) is 32.3 Å². The molecular weight excluding hydrogens is 348 g/mol. The van der Waals surface area contributed by atoms with Gasteiger partial charge < -0.3 is 24.4 Å². The van der Waals surface area contributed by atoms with E-state index in [1.807, 2.05) is 13.0 Å². The Kier molecular flexibility index (Phi) is 5.07. The number of aryl methyl sites for hydroxylation is 1. The predicted molar refractivity (Wildman–Crippen MR) is 104 cm³/mol. The molecule has 1 heterocycles. The fourth-order valence-electron chi connectivity index (χ4n) is 2.94. The van der Waals surface area contributed by atoms with E-state index in [0.29, 0.717) is 28.4 Å². The van der Waals surface area contributed by atoms with Crippen molar-refractivity contribution in [1.82, 2.24) is 0 Å². The molecule has 2 aromatic carbocycles. The van der Waals surface area contributed by atoms with Gasteiger partial charge in [0, 0.05) is 24.3 Å².